The van der Waals surface area contributed by atoms with E-state index >= 15 is 0 Å². The SMILES string of the molecule is O=C(Cc1ccc(Br)cc1)O[C@H]1CCCC[C@@H]1N1CCOCC1. The first kappa shape index (κ1) is 16.9. The number of nitrogens with zero attached hydrogens (tertiary/aromatic N) is 1. The molecular weight excluding hydrogens is 358 g/mol. The van der Waals surface area contributed by atoms with Crippen LogP contribution in [0.1, 0.15) is 31.2 Å². The third-order valence-electron chi connectivity index (χ3n) is 4.73. The quantitative estimate of drug-likeness (QED) is 0.750. The van der Waals surface area contributed by atoms with Gasteiger partial charge in [0.15, 0.2) is 0 Å². The molecule has 126 valence electrons. The van der Waals surface area contributed by atoms with E-state index in [0.717, 1.165) is 55.6 Å². The number of ether oxygens (including phenoxy) is 2. The first-order chi connectivity index (χ1) is 11.2. The molecule has 4 nitrogen and oxygen atoms in total. The first-order valence-corrected chi connectivity index (χ1v) is 9.27. The van der Waals surface area contributed by atoms with Gasteiger partial charge in [-0.05, 0) is 37.0 Å². The fraction of sp³-hybridized carbons (Fsp3) is 0.611. The van der Waals surface area contributed by atoms with Gasteiger partial charge < -0.3 is 9.47 Å². The molecule has 2 atom stereocenters. The summed E-state index contributed by atoms with van der Waals surface area (Å²) >= 11 is 3.41. The van der Waals surface area contributed by atoms with E-state index in [1.807, 2.05) is 24.3 Å². The van der Waals surface area contributed by atoms with Crippen LogP contribution in [0.2, 0.25) is 0 Å². The molecule has 0 spiro atoms. The lowest BCUT2D eigenvalue weighted by Crippen LogP contribution is -2.51. The van der Waals surface area contributed by atoms with Crippen molar-refractivity contribution in [1.29, 1.82) is 0 Å². The van der Waals surface area contributed by atoms with Crippen LogP contribution in [0.3, 0.4) is 0 Å². The van der Waals surface area contributed by atoms with Crippen LogP contribution in [0.15, 0.2) is 28.7 Å². The summed E-state index contributed by atoms with van der Waals surface area (Å²) in [4.78, 5) is 14.8. The Kier molecular flexibility index (Phi) is 6.08. The van der Waals surface area contributed by atoms with Gasteiger partial charge in [-0.1, -0.05) is 34.5 Å². The van der Waals surface area contributed by atoms with Gasteiger partial charge in [-0.3, -0.25) is 9.69 Å². The summed E-state index contributed by atoms with van der Waals surface area (Å²) in [5.74, 6) is -0.113. The Labute approximate surface area is 146 Å². The monoisotopic (exact) mass is 381 g/mol. The summed E-state index contributed by atoms with van der Waals surface area (Å²) in [6.07, 6.45) is 4.86. The van der Waals surface area contributed by atoms with Gasteiger partial charge in [0.1, 0.15) is 6.10 Å². The van der Waals surface area contributed by atoms with Crippen molar-refractivity contribution >= 4 is 21.9 Å². The fourth-order valence-corrected chi connectivity index (χ4v) is 3.79. The number of carbonyl (C=O) groups is 1. The normalized spacial score (nSPS) is 26.0. The summed E-state index contributed by atoms with van der Waals surface area (Å²) in [5.41, 5.74) is 0.997. The number of carbonyl (C=O) groups excluding carboxylic acids is 1. The van der Waals surface area contributed by atoms with E-state index in [0.29, 0.717) is 12.5 Å². The second-order valence-electron chi connectivity index (χ2n) is 6.33. The summed E-state index contributed by atoms with van der Waals surface area (Å²) in [6.45, 7) is 3.48. The van der Waals surface area contributed by atoms with E-state index in [4.69, 9.17) is 9.47 Å². The minimum atomic E-state index is -0.113. The van der Waals surface area contributed by atoms with Gasteiger partial charge in [0.2, 0.25) is 0 Å². The number of rotatable bonds is 4. The zero-order chi connectivity index (χ0) is 16.1. The Hall–Kier alpha value is -0.910. The Morgan fingerprint density at radius 2 is 1.87 bits per heavy atom. The molecule has 3 rings (SSSR count). The minimum absolute atomic E-state index is 0.0322. The highest BCUT2D eigenvalue weighted by molar-refractivity contribution is 9.10. The zero-order valence-electron chi connectivity index (χ0n) is 13.4. The van der Waals surface area contributed by atoms with Crippen molar-refractivity contribution in [3.63, 3.8) is 0 Å². The van der Waals surface area contributed by atoms with E-state index < -0.39 is 0 Å². The average molecular weight is 382 g/mol. The second kappa shape index (κ2) is 8.27. The van der Waals surface area contributed by atoms with Crippen LogP contribution >= 0.6 is 15.9 Å². The number of morpholine rings is 1. The van der Waals surface area contributed by atoms with Crippen LogP contribution in [0.25, 0.3) is 0 Å². The maximum Gasteiger partial charge on any atom is 0.310 e. The minimum Gasteiger partial charge on any atom is -0.460 e. The molecule has 23 heavy (non-hydrogen) atoms. The molecule has 1 heterocycles. The van der Waals surface area contributed by atoms with Crippen LogP contribution in [0.4, 0.5) is 0 Å². The Balaban J connectivity index is 1.57. The molecule has 1 saturated heterocycles. The first-order valence-electron chi connectivity index (χ1n) is 8.48. The highest BCUT2D eigenvalue weighted by Gasteiger charge is 2.33. The van der Waals surface area contributed by atoms with Crippen molar-refractivity contribution in [3.05, 3.63) is 34.3 Å². The molecule has 5 heteroatoms. The topological polar surface area (TPSA) is 38.8 Å². The molecule has 1 saturated carbocycles. The molecule has 0 bridgehead atoms. The molecule has 1 aromatic carbocycles. The van der Waals surface area contributed by atoms with Crippen molar-refractivity contribution in [2.45, 2.75) is 44.2 Å². The van der Waals surface area contributed by atoms with Crippen LogP contribution in [0.5, 0.6) is 0 Å². The van der Waals surface area contributed by atoms with E-state index in [1.54, 1.807) is 0 Å². The zero-order valence-corrected chi connectivity index (χ0v) is 15.0. The van der Waals surface area contributed by atoms with Crippen LogP contribution in [0, 0.1) is 0 Å². The van der Waals surface area contributed by atoms with Gasteiger partial charge >= 0.3 is 5.97 Å². The standard InChI is InChI=1S/C18H24BrNO3/c19-15-7-5-14(6-8-15)13-18(21)23-17-4-2-1-3-16(17)20-9-11-22-12-10-20/h5-8,16-17H,1-4,9-13H2/t16-,17-/m0/s1. The van der Waals surface area contributed by atoms with Crippen molar-refractivity contribution in [2.24, 2.45) is 0 Å². The summed E-state index contributed by atoms with van der Waals surface area (Å²) < 4.78 is 12.3. The van der Waals surface area contributed by atoms with Crippen molar-refractivity contribution < 1.29 is 14.3 Å². The van der Waals surface area contributed by atoms with Gasteiger partial charge in [-0.25, -0.2) is 0 Å². The highest BCUT2D eigenvalue weighted by atomic mass is 79.9. The van der Waals surface area contributed by atoms with Crippen molar-refractivity contribution in [2.75, 3.05) is 26.3 Å². The van der Waals surface area contributed by atoms with Gasteiger partial charge in [0.05, 0.1) is 19.6 Å². The molecule has 2 fully saturated rings. The number of halogens is 1. The lowest BCUT2D eigenvalue weighted by molar-refractivity contribution is -0.155. The Morgan fingerprint density at radius 1 is 1.17 bits per heavy atom. The summed E-state index contributed by atoms with van der Waals surface area (Å²) in [5, 5.41) is 0. The number of esters is 1. The van der Waals surface area contributed by atoms with Crippen molar-refractivity contribution in [3.8, 4) is 0 Å². The number of hydrogen-bond acceptors (Lipinski definition) is 4. The number of benzene rings is 1. The maximum atomic E-state index is 12.3. The predicted molar refractivity (Wildman–Crippen MR) is 92.4 cm³/mol. The molecule has 2 aliphatic rings. The third kappa shape index (κ3) is 4.78. The van der Waals surface area contributed by atoms with Gasteiger partial charge in [-0.2, -0.15) is 0 Å². The predicted octanol–water partition coefficient (Wildman–Crippen LogP) is 3.18. The Bertz CT molecular complexity index is 514. The fourth-order valence-electron chi connectivity index (χ4n) is 3.52. The Morgan fingerprint density at radius 3 is 2.61 bits per heavy atom. The van der Waals surface area contributed by atoms with Gasteiger partial charge in [0, 0.05) is 23.6 Å². The van der Waals surface area contributed by atoms with Crippen LogP contribution < -0.4 is 0 Å². The average Bonchev–Trinajstić information content (AvgIpc) is 2.58. The smallest absolute Gasteiger partial charge is 0.310 e. The lowest BCUT2D eigenvalue weighted by Gasteiger charge is -2.41. The van der Waals surface area contributed by atoms with Gasteiger partial charge in [0.25, 0.3) is 0 Å². The van der Waals surface area contributed by atoms with E-state index in [1.165, 1.54) is 6.42 Å². The van der Waals surface area contributed by atoms with E-state index in [2.05, 4.69) is 20.8 Å². The van der Waals surface area contributed by atoms with E-state index in [9.17, 15) is 4.79 Å². The molecule has 0 N–H and O–H groups in total. The van der Waals surface area contributed by atoms with Crippen LogP contribution in [-0.2, 0) is 20.7 Å². The lowest BCUT2D eigenvalue weighted by atomic mass is 9.91. The summed E-state index contributed by atoms with van der Waals surface area (Å²) in [7, 11) is 0. The molecule has 0 aromatic heterocycles. The van der Waals surface area contributed by atoms with Crippen LogP contribution in [-0.4, -0.2) is 49.3 Å². The molecule has 0 radical (unpaired) electrons. The van der Waals surface area contributed by atoms with E-state index in [-0.39, 0.29) is 12.1 Å². The largest absolute Gasteiger partial charge is 0.460 e. The van der Waals surface area contributed by atoms with Crippen molar-refractivity contribution in [1.82, 2.24) is 4.90 Å². The second-order valence-corrected chi connectivity index (χ2v) is 7.25. The molecule has 1 aromatic rings. The molecule has 1 aliphatic heterocycles. The molecular formula is C18H24BrNO3. The molecule has 0 amide bonds. The molecule has 1 aliphatic carbocycles. The summed E-state index contributed by atoms with van der Waals surface area (Å²) in [6, 6.07) is 8.21. The third-order valence-corrected chi connectivity index (χ3v) is 5.26. The highest BCUT2D eigenvalue weighted by Crippen LogP contribution is 2.26. The van der Waals surface area contributed by atoms with Gasteiger partial charge in [-0.15, -0.1) is 0 Å². The molecule has 0 unspecified atom stereocenters. The maximum absolute atomic E-state index is 12.3. The number of hydrogen-bond donors (Lipinski definition) is 0.